The van der Waals surface area contributed by atoms with Crippen LogP contribution >= 0.6 is 0 Å². The minimum absolute atomic E-state index is 0.248. The lowest BCUT2D eigenvalue weighted by Gasteiger charge is -2.47. The highest BCUT2D eigenvalue weighted by atomic mass is 16.2. The molecule has 6 heteroatoms. The number of fused-ring (bicyclic) bond motifs is 1. The Hall–Kier alpha value is -2.18. The lowest BCUT2D eigenvalue weighted by atomic mass is 9.72. The second-order valence-electron chi connectivity index (χ2n) is 10.3. The molecule has 0 spiro atoms. The van der Waals surface area contributed by atoms with Gasteiger partial charge in [-0.1, -0.05) is 30.3 Å². The van der Waals surface area contributed by atoms with Gasteiger partial charge in [-0.2, -0.15) is 0 Å². The molecule has 6 nitrogen and oxygen atoms in total. The lowest BCUT2D eigenvalue weighted by molar-refractivity contribution is -0.133. The van der Waals surface area contributed by atoms with E-state index in [0.717, 1.165) is 51.1 Å². The van der Waals surface area contributed by atoms with Crippen molar-refractivity contribution in [1.29, 1.82) is 0 Å². The number of ketones is 1. The van der Waals surface area contributed by atoms with E-state index in [4.69, 9.17) is 0 Å². The zero-order valence-corrected chi connectivity index (χ0v) is 21.2. The number of piperidine rings is 1. The molecule has 1 aromatic carbocycles. The summed E-state index contributed by atoms with van der Waals surface area (Å²) in [5.74, 6) is 1.14. The van der Waals surface area contributed by atoms with Crippen LogP contribution in [-0.2, 0) is 16.1 Å². The summed E-state index contributed by atoms with van der Waals surface area (Å²) in [6.07, 6.45) is 4.94. The van der Waals surface area contributed by atoms with Gasteiger partial charge in [0.2, 0.25) is 5.91 Å². The molecule has 3 rings (SSSR count). The first-order valence-electron chi connectivity index (χ1n) is 12.4. The third-order valence-corrected chi connectivity index (χ3v) is 7.03. The van der Waals surface area contributed by atoms with Crippen molar-refractivity contribution in [2.24, 2.45) is 11.8 Å². The number of hydrogen-bond donors (Lipinski definition) is 0. The summed E-state index contributed by atoms with van der Waals surface area (Å²) < 4.78 is 0. The number of carbonyl (C=O) groups is 2. The highest BCUT2D eigenvalue weighted by Crippen LogP contribution is 2.40. The fraction of sp³-hybridized carbons (Fsp3) is 0.630. The third kappa shape index (κ3) is 7.15. The van der Waals surface area contributed by atoms with Gasteiger partial charge in [-0.05, 0) is 51.3 Å². The topological polar surface area (TPSA) is 47.1 Å². The molecule has 1 saturated carbocycles. The number of amides is 1. The van der Waals surface area contributed by atoms with E-state index >= 15 is 0 Å². The maximum Gasteiger partial charge on any atom is 0.222 e. The number of nitrogens with zero attached hydrogens (tertiary/aromatic N) is 4. The van der Waals surface area contributed by atoms with Crippen molar-refractivity contribution in [3.05, 3.63) is 47.7 Å². The molecule has 2 aliphatic rings. The first-order chi connectivity index (χ1) is 15.8. The van der Waals surface area contributed by atoms with E-state index in [-0.39, 0.29) is 11.7 Å². The smallest absolute Gasteiger partial charge is 0.222 e. The van der Waals surface area contributed by atoms with Crippen LogP contribution in [-0.4, -0.2) is 91.7 Å². The van der Waals surface area contributed by atoms with Crippen LogP contribution < -0.4 is 0 Å². The molecule has 0 N–H and O–H groups in total. The Labute approximate surface area is 200 Å². The number of rotatable bonds is 9. The summed E-state index contributed by atoms with van der Waals surface area (Å²) in [5, 5.41) is 0. The molecule has 1 aliphatic carbocycles. The summed E-state index contributed by atoms with van der Waals surface area (Å²) >= 11 is 0. The Balaban J connectivity index is 1.75. The van der Waals surface area contributed by atoms with Crippen LogP contribution in [0.15, 0.2) is 42.1 Å². The summed E-state index contributed by atoms with van der Waals surface area (Å²) in [6, 6.07) is 10.9. The fourth-order valence-corrected chi connectivity index (χ4v) is 5.39. The summed E-state index contributed by atoms with van der Waals surface area (Å²) in [4.78, 5) is 34.6. The molecule has 1 aromatic rings. The predicted molar refractivity (Wildman–Crippen MR) is 134 cm³/mol. The molecule has 0 aromatic heterocycles. The molecule has 1 amide bonds. The van der Waals surface area contributed by atoms with Crippen LogP contribution in [0.5, 0.6) is 0 Å². The monoisotopic (exact) mass is 454 g/mol. The van der Waals surface area contributed by atoms with Gasteiger partial charge >= 0.3 is 0 Å². The largest absolute Gasteiger partial charge is 0.383 e. The van der Waals surface area contributed by atoms with Crippen molar-refractivity contribution in [1.82, 2.24) is 19.6 Å². The molecule has 3 atom stereocenters. The molecule has 0 radical (unpaired) electrons. The van der Waals surface area contributed by atoms with Gasteiger partial charge in [-0.15, -0.1) is 0 Å². The zero-order valence-electron chi connectivity index (χ0n) is 21.2. The number of likely N-dealkylation sites (N-methyl/N-ethyl adjacent to an activating group) is 2. The van der Waals surface area contributed by atoms with Crippen molar-refractivity contribution in [3.63, 3.8) is 0 Å². The normalized spacial score (nSPS) is 24.7. The molecule has 1 aliphatic heterocycles. The van der Waals surface area contributed by atoms with Gasteiger partial charge in [0.25, 0.3) is 0 Å². The number of likely N-dealkylation sites (tertiary alicyclic amines) is 1. The summed E-state index contributed by atoms with van der Waals surface area (Å²) in [6.45, 7) is 6.24. The average molecular weight is 455 g/mol. The van der Waals surface area contributed by atoms with Crippen LogP contribution in [0.4, 0.5) is 0 Å². The van der Waals surface area contributed by atoms with Crippen LogP contribution in [0.25, 0.3) is 0 Å². The second-order valence-corrected chi connectivity index (χ2v) is 10.3. The van der Waals surface area contributed by atoms with E-state index in [1.807, 2.05) is 50.3 Å². The average Bonchev–Trinajstić information content (AvgIpc) is 2.75. The summed E-state index contributed by atoms with van der Waals surface area (Å²) in [7, 11) is 8.04. The van der Waals surface area contributed by atoms with Gasteiger partial charge in [-0.3, -0.25) is 14.5 Å². The number of carbonyl (C=O) groups excluding carboxylic acids is 2. The predicted octanol–water partition coefficient (Wildman–Crippen LogP) is 3.10. The van der Waals surface area contributed by atoms with Gasteiger partial charge in [0.15, 0.2) is 5.78 Å². The minimum atomic E-state index is 0.248. The van der Waals surface area contributed by atoms with Crippen LogP contribution in [0.1, 0.15) is 38.2 Å². The van der Waals surface area contributed by atoms with Gasteiger partial charge in [-0.25, -0.2) is 0 Å². The van der Waals surface area contributed by atoms with E-state index in [2.05, 4.69) is 41.0 Å². The number of Topliss-reactive ketones (excluding diaryl/α,β-unsaturated/α-hetero) is 1. The molecule has 0 bridgehead atoms. The second kappa shape index (κ2) is 11.8. The van der Waals surface area contributed by atoms with Gasteiger partial charge in [0.05, 0.1) is 0 Å². The fourth-order valence-electron chi connectivity index (χ4n) is 5.39. The first kappa shape index (κ1) is 25.4. The highest BCUT2D eigenvalue weighted by molar-refractivity contribution is 5.96. The molecular formula is C27H42N4O2. The van der Waals surface area contributed by atoms with E-state index in [9.17, 15) is 9.59 Å². The molecule has 2 fully saturated rings. The van der Waals surface area contributed by atoms with Crippen molar-refractivity contribution >= 4 is 11.7 Å². The highest BCUT2D eigenvalue weighted by Gasteiger charge is 2.42. The van der Waals surface area contributed by atoms with Gasteiger partial charge < -0.3 is 14.7 Å². The molecule has 1 heterocycles. The van der Waals surface area contributed by atoms with Crippen LogP contribution in [0, 0.1) is 11.8 Å². The number of benzene rings is 1. The zero-order chi connectivity index (χ0) is 24.0. The van der Waals surface area contributed by atoms with Gasteiger partial charge in [0.1, 0.15) is 0 Å². The van der Waals surface area contributed by atoms with Crippen molar-refractivity contribution in [3.8, 4) is 0 Å². The third-order valence-electron chi connectivity index (χ3n) is 7.03. The Bertz CT molecular complexity index is 821. The van der Waals surface area contributed by atoms with Crippen molar-refractivity contribution in [2.75, 3.05) is 54.4 Å². The molecule has 182 valence electrons. The Kier molecular flexibility index (Phi) is 9.10. The van der Waals surface area contributed by atoms with Crippen LogP contribution in [0.3, 0.4) is 0 Å². The van der Waals surface area contributed by atoms with E-state index in [1.165, 1.54) is 5.56 Å². The first-order valence-corrected chi connectivity index (χ1v) is 12.4. The van der Waals surface area contributed by atoms with Gasteiger partial charge in [0, 0.05) is 77.5 Å². The number of hydrogen-bond acceptors (Lipinski definition) is 5. The molecular weight excluding hydrogens is 412 g/mol. The summed E-state index contributed by atoms with van der Waals surface area (Å²) in [5.41, 5.74) is 2.23. The van der Waals surface area contributed by atoms with Crippen molar-refractivity contribution in [2.45, 2.75) is 45.2 Å². The molecule has 1 saturated heterocycles. The SMILES string of the molecule is CCN(CCN(C)C)C(=O)C[C@H]1C[C@@H]2CC(=O)C(=CN(C)C)C[C@H]2N(Cc2ccccc2)C1. The quantitative estimate of drug-likeness (QED) is 0.537. The maximum absolute atomic E-state index is 13.1. The lowest BCUT2D eigenvalue weighted by Crippen LogP contribution is -2.52. The Morgan fingerprint density at radius 1 is 1.09 bits per heavy atom. The van der Waals surface area contributed by atoms with E-state index < -0.39 is 0 Å². The Morgan fingerprint density at radius 2 is 1.82 bits per heavy atom. The maximum atomic E-state index is 13.1. The standard InChI is InChI=1S/C27H42N4O2/c1-6-30(13-12-28(2)3)27(33)15-22-14-23-17-26(32)24(20-29(4)5)16-25(23)31(19-22)18-21-10-8-7-9-11-21/h7-11,20,22-23,25H,6,12-19H2,1-5H3/t22-,23-,25-/m1/s1. The van der Waals surface area contributed by atoms with Crippen molar-refractivity contribution < 1.29 is 9.59 Å². The van der Waals surface area contributed by atoms with E-state index in [0.29, 0.717) is 30.7 Å². The van der Waals surface area contributed by atoms with Crippen LogP contribution in [0.2, 0.25) is 0 Å². The Morgan fingerprint density at radius 3 is 2.45 bits per heavy atom. The molecule has 0 unspecified atom stereocenters. The van der Waals surface area contributed by atoms with E-state index in [1.54, 1.807) is 0 Å². The minimum Gasteiger partial charge on any atom is -0.383 e. The molecule has 33 heavy (non-hydrogen) atoms.